The molecule has 0 saturated heterocycles. The second-order valence-electron chi connectivity index (χ2n) is 7.23. The van der Waals surface area contributed by atoms with Crippen LogP contribution in [0.25, 0.3) is 11.1 Å². The fourth-order valence-corrected chi connectivity index (χ4v) is 2.87. The quantitative estimate of drug-likeness (QED) is 0.757. The van der Waals surface area contributed by atoms with Gasteiger partial charge in [0.1, 0.15) is 12.4 Å². The minimum atomic E-state index is -0.624. The second kappa shape index (κ2) is 8.81. The Morgan fingerprint density at radius 2 is 2.00 bits per heavy atom. The lowest BCUT2D eigenvalue weighted by Gasteiger charge is -2.26. The molecule has 1 heterocycles. The molecule has 0 spiro atoms. The highest BCUT2D eigenvalue weighted by Crippen LogP contribution is 2.27. The number of hydrogen-bond donors (Lipinski definition) is 2. The van der Waals surface area contributed by atoms with Crippen LogP contribution in [0.1, 0.15) is 27.2 Å². The van der Waals surface area contributed by atoms with Gasteiger partial charge in [0.15, 0.2) is 11.6 Å². The van der Waals surface area contributed by atoms with Crippen molar-refractivity contribution in [2.24, 2.45) is 11.7 Å². The predicted octanol–water partition coefficient (Wildman–Crippen LogP) is 4.21. The molecular formula is C20H26FN3O3. The summed E-state index contributed by atoms with van der Waals surface area (Å²) in [4.78, 5) is 15.3. The van der Waals surface area contributed by atoms with Crippen LogP contribution in [0.3, 0.4) is 0 Å². The number of pyridine rings is 1. The highest BCUT2D eigenvalue weighted by atomic mass is 19.1. The highest BCUT2D eigenvalue weighted by Gasteiger charge is 2.21. The molecule has 0 aliphatic rings. The van der Waals surface area contributed by atoms with Gasteiger partial charge in [-0.25, -0.2) is 14.2 Å². The number of ether oxygens (including phenoxy) is 2. The molecule has 0 fully saturated rings. The molecule has 7 heteroatoms. The predicted molar refractivity (Wildman–Crippen MR) is 103 cm³/mol. The van der Waals surface area contributed by atoms with Crippen molar-refractivity contribution in [3.63, 3.8) is 0 Å². The van der Waals surface area contributed by atoms with Crippen molar-refractivity contribution in [3.8, 4) is 16.9 Å². The largest absolute Gasteiger partial charge is 0.489 e. The smallest absolute Gasteiger partial charge is 0.412 e. The third-order valence-corrected chi connectivity index (χ3v) is 3.87. The molecule has 0 radical (unpaired) electrons. The van der Waals surface area contributed by atoms with E-state index in [0.717, 1.165) is 6.42 Å². The van der Waals surface area contributed by atoms with Gasteiger partial charge in [-0.3, -0.25) is 5.32 Å². The summed E-state index contributed by atoms with van der Waals surface area (Å²) in [5, 5.41) is 2.48. The molecule has 2 rings (SSSR count). The third-order valence-electron chi connectivity index (χ3n) is 3.87. The summed E-state index contributed by atoms with van der Waals surface area (Å²) in [5.74, 6) is 0.413. The van der Waals surface area contributed by atoms with E-state index in [1.165, 1.54) is 19.4 Å². The number of methoxy groups -OCH3 is 1. The minimum Gasteiger partial charge on any atom is -0.489 e. The number of nitrogens with two attached hydrogens (primary N) is 1. The molecule has 0 bridgehead atoms. The first-order valence-corrected chi connectivity index (χ1v) is 8.73. The van der Waals surface area contributed by atoms with Crippen molar-refractivity contribution in [3.05, 3.63) is 42.3 Å². The zero-order valence-corrected chi connectivity index (χ0v) is 16.1. The van der Waals surface area contributed by atoms with E-state index in [9.17, 15) is 9.18 Å². The van der Waals surface area contributed by atoms with E-state index in [1.807, 2.05) is 6.92 Å². The van der Waals surface area contributed by atoms with E-state index in [2.05, 4.69) is 28.9 Å². The van der Waals surface area contributed by atoms with Gasteiger partial charge in [0, 0.05) is 11.7 Å². The van der Waals surface area contributed by atoms with Crippen molar-refractivity contribution in [1.82, 2.24) is 4.98 Å². The van der Waals surface area contributed by atoms with Crippen molar-refractivity contribution in [1.29, 1.82) is 0 Å². The molecule has 1 aromatic carbocycles. The van der Waals surface area contributed by atoms with Gasteiger partial charge in [-0.1, -0.05) is 19.9 Å². The molecule has 1 amide bonds. The van der Waals surface area contributed by atoms with Gasteiger partial charge in [0.05, 0.1) is 7.11 Å². The van der Waals surface area contributed by atoms with Crippen LogP contribution in [-0.2, 0) is 4.74 Å². The Morgan fingerprint density at radius 3 is 2.63 bits per heavy atom. The van der Waals surface area contributed by atoms with E-state index < -0.39 is 17.4 Å². The van der Waals surface area contributed by atoms with Crippen molar-refractivity contribution >= 4 is 11.9 Å². The maximum atomic E-state index is 14.5. The normalized spacial score (nSPS) is 13.1. The van der Waals surface area contributed by atoms with Crippen molar-refractivity contribution in [2.45, 2.75) is 32.7 Å². The summed E-state index contributed by atoms with van der Waals surface area (Å²) in [6, 6.07) is 8.04. The summed E-state index contributed by atoms with van der Waals surface area (Å²) in [7, 11) is 1.26. The van der Waals surface area contributed by atoms with E-state index in [4.69, 9.17) is 10.5 Å². The molecule has 0 saturated carbocycles. The summed E-state index contributed by atoms with van der Waals surface area (Å²) in [6.45, 7) is 6.28. The standard InChI is InChI=1S/C20H26FN3O3/c1-13(2)11-20(3,22)12-27-17-6-5-14(9-16(17)21)15-7-8-23-18(10-15)24-19(25)26-4/h5-10,13H,11-12,22H2,1-4H3,(H,23,24,25)/t20-/m0/s1. The Balaban J connectivity index is 2.12. The molecule has 0 aliphatic carbocycles. The maximum Gasteiger partial charge on any atom is 0.412 e. The van der Waals surface area contributed by atoms with Crippen LogP contribution in [0.2, 0.25) is 0 Å². The zero-order valence-electron chi connectivity index (χ0n) is 16.1. The number of nitrogens with one attached hydrogen (secondary N) is 1. The van der Waals surface area contributed by atoms with Crippen molar-refractivity contribution in [2.75, 3.05) is 19.0 Å². The fraction of sp³-hybridized carbons (Fsp3) is 0.400. The Morgan fingerprint density at radius 1 is 1.30 bits per heavy atom. The number of amides is 1. The average molecular weight is 375 g/mol. The number of carbonyl (C=O) groups is 1. The van der Waals surface area contributed by atoms with Crippen LogP contribution >= 0.6 is 0 Å². The number of rotatable bonds is 7. The zero-order chi connectivity index (χ0) is 20.0. The Hall–Kier alpha value is -2.67. The van der Waals surface area contributed by atoms with Crippen LogP contribution in [-0.4, -0.2) is 30.3 Å². The fourth-order valence-electron chi connectivity index (χ4n) is 2.87. The molecule has 0 unspecified atom stereocenters. The summed E-state index contributed by atoms with van der Waals surface area (Å²) in [5.41, 5.74) is 7.01. The molecule has 6 nitrogen and oxygen atoms in total. The number of aromatic nitrogens is 1. The van der Waals surface area contributed by atoms with Crippen LogP contribution in [0.4, 0.5) is 15.0 Å². The van der Waals surface area contributed by atoms with Gasteiger partial charge in [-0.2, -0.15) is 0 Å². The monoisotopic (exact) mass is 375 g/mol. The topological polar surface area (TPSA) is 86.5 Å². The van der Waals surface area contributed by atoms with E-state index >= 15 is 0 Å². The lowest BCUT2D eigenvalue weighted by Crippen LogP contribution is -2.43. The summed E-state index contributed by atoms with van der Waals surface area (Å²) in [6.07, 6.45) is 1.68. The molecule has 27 heavy (non-hydrogen) atoms. The molecule has 146 valence electrons. The lowest BCUT2D eigenvalue weighted by molar-refractivity contribution is 0.187. The van der Waals surface area contributed by atoms with Crippen molar-refractivity contribution < 1.29 is 18.7 Å². The van der Waals surface area contributed by atoms with Crippen LogP contribution in [0.15, 0.2) is 36.5 Å². The molecule has 1 aromatic heterocycles. The number of hydrogen-bond acceptors (Lipinski definition) is 5. The van der Waals surface area contributed by atoms with Crippen LogP contribution < -0.4 is 15.8 Å². The van der Waals surface area contributed by atoms with Gasteiger partial charge in [-0.05, 0) is 54.7 Å². The average Bonchev–Trinajstić information content (AvgIpc) is 2.59. The van der Waals surface area contributed by atoms with E-state index in [-0.39, 0.29) is 12.4 Å². The second-order valence-corrected chi connectivity index (χ2v) is 7.23. The first kappa shape index (κ1) is 20.6. The first-order valence-electron chi connectivity index (χ1n) is 8.73. The van der Waals surface area contributed by atoms with E-state index in [0.29, 0.717) is 22.9 Å². The lowest BCUT2D eigenvalue weighted by atomic mass is 9.93. The number of halogens is 1. The summed E-state index contributed by atoms with van der Waals surface area (Å²) >= 11 is 0. The number of anilines is 1. The molecule has 3 N–H and O–H groups in total. The van der Waals surface area contributed by atoms with Crippen LogP contribution in [0.5, 0.6) is 5.75 Å². The maximum absolute atomic E-state index is 14.5. The van der Waals surface area contributed by atoms with Gasteiger partial charge in [0.25, 0.3) is 0 Å². The SMILES string of the molecule is COC(=O)Nc1cc(-c2ccc(OC[C@@](C)(N)CC(C)C)c(F)c2)ccn1. The van der Waals surface area contributed by atoms with Crippen LogP contribution in [0, 0.1) is 11.7 Å². The first-order chi connectivity index (χ1) is 12.7. The Bertz CT molecular complexity index is 794. The molecule has 0 aliphatic heterocycles. The third kappa shape index (κ3) is 6.21. The number of benzene rings is 1. The van der Waals surface area contributed by atoms with Gasteiger partial charge in [0.2, 0.25) is 0 Å². The number of carbonyl (C=O) groups excluding carboxylic acids is 1. The summed E-state index contributed by atoms with van der Waals surface area (Å²) < 4.78 is 24.6. The van der Waals surface area contributed by atoms with Gasteiger partial charge >= 0.3 is 6.09 Å². The van der Waals surface area contributed by atoms with E-state index in [1.54, 1.807) is 24.3 Å². The Labute approximate surface area is 158 Å². The molecule has 1 atom stereocenters. The number of nitrogens with zero attached hydrogens (tertiary/aromatic N) is 1. The minimum absolute atomic E-state index is 0.154. The van der Waals surface area contributed by atoms with Gasteiger partial charge in [-0.15, -0.1) is 0 Å². The molecule has 2 aromatic rings. The molecular weight excluding hydrogens is 349 g/mol. The Kier molecular flexibility index (Phi) is 6.74. The van der Waals surface area contributed by atoms with Gasteiger partial charge < -0.3 is 15.2 Å². The highest BCUT2D eigenvalue weighted by molar-refractivity contribution is 5.84.